The molecule has 1 aliphatic rings. The average Bonchev–Trinajstić information content (AvgIpc) is 3.04. The van der Waals surface area contributed by atoms with Crippen LogP contribution in [0.4, 0.5) is 5.69 Å². The molecule has 0 radical (unpaired) electrons. The van der Waals surface area contributed by atoms with Crippen LogP contribution in [0.3, 0.4) is 0 Å². The second-order valence-electron chi connectivity index (χ2n) is 5.55. The first-order valence-corrected chi connectivity index (χ1v) is 7.61. The van der Waals surface area contributed by atoms with E-state index in [1.165, 1.54) is 5.56 Å². The number of carbonyl (C=O) groups excluding carboxylic acids is 1. The van der Waals surface area contributed by atoms with Crippen LogP contribution in [-0.2, 0) is 6.42 Å². The number of para-hydroxylation sites is 2. The molecule has 4 rings (SSSR count). The molecule has 0 N–H and O–H groups in total. The van der Waals surface area contributed by atoms with E-state index in [1.54, 1.807) is 13.3 Å². The fraction of sp³-hybridized carbons (Fsp3) is 0.158. The number of benzene rings is 2. The van der Waals surface area contributed by atoms with Crippen LogP contribution in [0.15, 0.2) is 54.7 Å². The van der Waals surface area contributed by atoms with Crippen molar-refractivity contribution >= 4 is 22.5 Å². The van der Waals surface area contributed by atoms with Gasteiger partial charge in [0.05, 0.1) is 24.4 Å². The van der Waals surface area contributed by atoms with Crippen molar-refractivity contribution in [3.63, 3.8) is 0 Å². The number of carbonyl (C=O) groups is 1. The summed E-state index contributed by atoms with van der Waals surface area (Å²) < 4.78 is 5.41. The Labute approximate surface area is 134 Å². The Kier molecular flexibility index (Phi) is 3.23. The van der Waals surface area contributed by atoms with Crippen LogP contribution in [0.2, 0.25) is 0 Å². The van der Waals surface area contributed by atoms with Crippen LogP contribution in [-0.4, -0.2) is 24.5 Å². The Balaban J connectivity index is 1.88. The Hall–Kier alpha value is -2.88. The molecule has 0 atom stereocenters. The minimum absolute atomic E-state index is 0.0367. The summed E-state index contributed by atoms with van der Waals surface area (Å²) >= 11 is 0. The molecule has 0 saturated heterocycles. The monoisotopic (exact) mass is 304 g/mol. The number of nitrogens with zero attached hydrogens (tertiary/aromatic N) is 2. The van der Waals surface area contributed by atoms with E-state index < -0.39 is 0 Å². The van der Waals surface area contributed by atoms with Gasteiger partial charge in [0.2, 0.25) is 0 Å². The van der Waals surface area contributed by atoms with Crippen molar-refractivity contribution in [1.29, 1.82) is 0 Å². The van der Waals surface area contributed by atoms with Gasteiger partial charge < -0.3 is 9.64 Å². The van der Waals surface area contributed by atoms with Gasteiger partial charge in [0.25, 0.3) is 5.91 Å². The third-order valence-corrected chi connectivity index (χ3v) is 4.31. The summed E-state index contributed by atoms with van der Waals surface area (Å²) in [6.45, 7) is 0.692. The Morgan fingerprint density at radius 3 is 2.78 bits per heavy atom. The maximum absolute atomic E-state index is 13.2. The molecule has 2 aromatic carbocycles. The zero-order valence-electron chi connectivity index (χ0n) is 12.8. The highest BCUT2D eigenvalue weighted by atomic mass is 16.5. The van der Waals surface area contributed by atoms with Gasteiger partial charge in [-0.2, -0.15) is 0 Å². The summed E-state index contributed by atoms with van der Waals surface area (Å²) in [5, 5.41) is 0.821. The summed E-state index contributed by atoms with van der Waals surface area (Å²) in [7, 11) is 1.57. The number of rotatable bonds is 2. The van der Waals surface area contributed by atoms with E-state index in [0.717, 1.165) is 23.0 Å². The van der Waals surface area contributed by atoms with Gasteiger partial charge in [-0.25, -0.2) is 0 Å². The first-order chi connectivity index (χ1) is 11.3. The summed E-state index contributed by atoms with van der Waals surface area (Å²) in [5.74, 6) is 0.475. The van der Waals surface area contributed by atoms with Crippen molar-refractivity contribution in [2.75, 3.05) is 18.6 Å². The first-order valence-electron chi connectivity index (χ1n) is 7.61. The molecule has 0 aliphatic carbocycles. The third-order valence-electron chi connectivity index (χ3n) is 4.31. The number of pyridine rings is 1. The number of ether oxygens (including phenoxy) is 1. The summed E-state index contributed by atoms with van der Waals surface area (Å²) in [5.41, 5.74) is 3.57. The lowest BCUT2D eigenvalue weighted by Crippen LogP contribution is -2.29. The van der Waals surface area contributed by atoms with E-state index >= 15 is 0 Å². The molecule has 114 valence electrons. The zero-order valence-corrected chi connectivity index (χ0v) is 12.8. The Morgan fingerprint density at radius 1 is 1.13 bits per heavy atom. The number of amides is 1. The SMILES string of the molecule is COc1cnc2ccccc2c1C(=O)N1CCc2ccccc21. The van der Waals surface area contributed by atoms with E-state index in [0.29, 0.717) is 17.9 Å². The molecular formula is C19H16N2O2. The lowest BCUT2D eigenvalue weighted by atomic mass is 10.1. The van der Waals surface area contributed by atoms with Crippen LogP contribution in [0.25, 0.3) is 10.9 Å². The highest BCUT2D eigenvalue weighted by Gasteiger charge is 2.28. The molecule has 0 spiro atoms. The molecule has 4 heteroatoms. The number of methoxy groups -OCH3 is 1. The molecule has 23 heavy (non-hydrogen) atoms. The summed E-state index contributed by atoms with van der Waals surface area (Å²) in [6, 6.07) is 15.7. The molecule has 0 unspecified atom stereocenters. The maximum atomic E-state index is 13.2. The maximum Gasteiger partial charge on any atom is 0.262 e. The molecule has 3 aromatic rings. The molecule has 0 fully saturated rings. The third kappa shape index (κ3) is 2.14. The fourth-order valence-corrected chi connectivity index (χ4v) is 3.18. The topological polar surface area (TPSA) is 42.4 Å². The van der Waals surface area contributed by atoms with Crippen molar-refractivity contribution < 1.29 is 9.53 Å². The van der Waals surface area contributed by atoms with Gasteiger partial charge in [-0.05, 0) is 24.1 Å². The van der Waals surface area contributed by atoms with E-state index in [9.17, 15) is 4.79 Å². The quantitative estimate of drug-likeness (QED) is 0.728. The number of hydrogen-bond donors (Lipinski definition) is 0. The fourth-order valence-electron chi connectivity index (χ4n) is 3.18. The standard InChI is InChI=1S/C19H16N2O2/c1-23-17-12-20-15-8-4-3-7-14(15)18(17)19(22)21-11-10-13-6-2-5-9-16(13)21/h2-9,12H,10-11H2,1H3. The van der Waals surface area contributed by atoms with Gasteiger partial charge in [-0.15, -0.1) is 0 Å². The van der Waals surface area contributed by atoms with E-state index in [2.05, 4.69) is 11.1 Å². The lowest BCUT2D eigenvalue weighted by molar-refractivity contribution is 0.0988. The van der Waals surface area contributed by atoms with Crippen molar-refractivity contribution in [2.24, 2.45) is 0 Å². The first kappa shape index (κ1) is 13.8. The average molecular weight is 304 g/mol. The predicted molar refractivity (Wildman–Crippen MR) is 90.1 cm³/mol. The van der Waals surface area contributed by atoms with Gasteiger partial charge in [0.1, 0.15) is 0 Å². The predicted octanol–water partition coefficient (Wildman–Crippen LogP) is 3.45. The van der Waals surface area contributed by atoms with Crippen molar-refractivity contribution in [1.82, 2.24) is 4.98 Å². The smallest absolute Gasteiger partial charge is 0.262 e. The van der Waals surface area contributed by atoms with Gasteiger partial charge in [-0.1, -0.05) is 36.4 Å². The molecule has 1 amide bonds. The van der Waals surface area contributed by atoms with Crippen LogP contribution < -0.4 is 9.64 Å². The minimum Gasteiger partial charge on any atom is -0.494 e. The summed E-state index contributed by atoms with van der Waals surface area (Å²) in [4.78, 5) is 19.4. The number of fused-ring (bicyclic) bond motifs is 2. The molecule has 1 aliphatic heterocycles. The summed E-state index contributed by atoms with van der Waals surface area (Å²) in [6.07, 6.45) is 2.50. The van der Waals surface area contributed by atoms with Crippen molar-refractivity contribution in [3.05, 3.63) is 65.9 Å². The highest BCUT2D eigenvalue weighted by Crippen LogP contribution is 2.33. The zero-order chi connectivity index (χ0) is 15.8. The normalized spacial score (nSPS) is 13.2. The van der Waals surface area contributed by atoms with E-state index in [1.807, 2.05) is 47.4 Å². The molecule has 0 bridgehead atoms. The number of hydrogen-bond acceptors (Lipinski definition) is 3. The Morgan fingerprint density at radius 2 is 1.91 bits per heavy atom. The van der Waals surface area contributed by atoms with Crippen molar-refractivity contribution in [2.45, 2.75) is 6.42 Å². The van der Waals surface area contributed by atoms with Crippen LogP contribution in [0, 0.1) is 0 Å². The molecule has 1 aromatic heterocycles. The highest BCUT2D eigenvalue weighted by molar-refractivity contribution is 6.16. The second-order valence-corrected chi connectivity index (χ2v) is 5.55. The molecule has 4 nitrogen and oxygen atoms in total. The van der Waals surface area contributed by atoms with Crippen molar-refractivity contribution in [3.8, 4) is 5.75 Å². The molecule has 2 heterocycles. The molecule has 0 saturated carbocycles. The largest absolute Gasteiger partial charge is 0.494 e. The Bertz CT molecular complexity index is 905. The van der Waals surface area contributed by atoms with Gasteiger partial charge >= 0.3 is 0 Å². The van der Waals surface area contributed by atoms with Gasteiger partial charge in [-0.3, -0.25) is 9.78 Å². The van der Waals surface area contributed by atoms with E-state index in [-0.39, 0.29) is 5.91 Å². The van der Waals surface area contributed by atoms with Gasteiger partial charge in [0, 0.05) is 17.6 Å². The van der Waals surface area contributed by atoms with Crippen LogP contribution >= 0.6 is 0 Å². The number of aromatic nitrogens is 1. The second kappa shape index (κ2) is 5.39. The lowest BCUT2D eigenvalue weighted by Gasteiger charge is -2.20. The van der Waals surface area contributed by atoms with E-state index in [4.69, 9.17) is 4.74 Å². The minimum atomic E-state index is -0.0367. The van der Waals surface area contributed by atoms with Crippen LogP contribution in [0.1, 0.15) is 15.9 Å². The molecular weight excluding hydrogens is 288 g/mol. The number of anilines is 1. The van der Waals surface area contributed by atoms with Gasteiger partial charge in [0.15, 0.2) is 5.75 Å². The van der Waals surface area contributed by atoms with Crippen LogP contribution in [0.5, 0.6) is 5.75 Å².